The Kier molecular flexibility index (Phi) is 7.61. The zero-order valence-corrected chi connectivity index (χ0v) is 17.3. The van der Waals surface area contributed by atoms with Crippen molar-refractivity contribution < 1.29 is 4.79 Å². The van der Waals surface area contributed by atoms with Crippen LogP contribution in [0.1, 0.15) is 32.0 Å². The maximum Gasteiger partial charge on any atom is 0.217 e. The third-order valence-corrected chi connectivity index (χ3v) is 4.40. The van der Waals surface area contributed by atoms with Crippen molar-refractivity contribution in [2.24, 2.45) is 16.6 Å². The minimum Gasteiger partial charge on any atom is -0.370 e. The largest absolute Gasteiger partial charge is 0.370 e. The number of amides is 1. The Morgan fingerprint density at radius 2 is 2.27 bits per heavy atom. The zero-order chi connectivity index (χ0) is 17.6. The summed E-state index contributed by atoms with van der Waals surface area (Å²) in [6.45, 7) is 5.02. The fourth-order valence-electron chi connectivity index (χ4n) is 3.28. The zero-order valence-electron chi connectivity index (χ0n) is 15.0. The number of carbonyl (C=O) groups excluding carboxylic acids is 1. The van der Waals surface area contributed by atoms with Crippen LogP contribution in [0.5, 0.6) is 0 Å². The van der Waals surface area contributed by atoms with Crippen LogP contribution >= 0.6 is 24.0 Å². The molecule has 3 heterocycles. The van der Waals surface area contributed by atoms with Crippen LogP contribution in [0.4, 0.5) is 0 Å². The molecule has 1 aliphatic heterocycles. The van der Waals surface area contributed by atoms with Gasteiger partial charge in [0.15, 0.2) is 17.4 Å². The quantitative estimate of drug-likeness (QED) is 0.390. The predicted molar refractivity (Wildman–Crippen MR) is 111 cm³/mol. The number of hydrogen-bond acceptors (Lipinski definition) is 4. The van der Waals surface area contributed by atoms with Crippen LogP contribution in [0.25, 0.3) is 5.65 Å². The first-order valence-electron chi connectivity index (χ1n) is 8.77. The highest BCUT2D eigenvalue weighted by Crippen LogP contribution is 2.19. The molecule has 0 aliphatic carbocycles. The highest BCUT2D eigenvalue weighted by Gasteiger charge is 2.23. The lowest BCUT2D eigenvalue weighted by Gasteiger charge is -2.34. The number of pyridine rings is 1. The maximum absolute atomic E-state index is 11.2. The smallest absolute Gasteiger partial charge is 0.217 e. The predicted octanol–water partition coefficient (Wildman–Crippen LogP) is 1.40. The van der Waals surface area contributed by atoms with Crippen LogP contribution in [0.2, 0.25) is 0 Å². The SMILES string of the molecule is CCNC(=NCc1nnc2ccccn12)N1CCCC(CC(N)=O)C1.I. The standard InChI is InChI=1S/C17H25N7O.HI/c1-2-19-17(23-8-5-6-13(12-23)10-14(18)25)20-11-16-22-21-15-7-3-4-9-24(15)16;/h3-4,7,9,13H,2,5-6,8,10-12H2,1H3,(H2,18,25)(H,19,20);1H. The second-order valence-corrected chi connectivity index (χ2v) is 6.34. The molecule has 1 saturated heterocycles. The number of primary amides is 1. The molecule has 1 unspecified atom stereocenters. The summed E-state index contributed by atoms with van der Waals surface area (Å²) in [5, 5.41) is 11.7. The van der Waals surface area contributed by atoms with Gasteiger partial charge in [-0.05, 0) is 37.8 Å². The van der Waals surface area contributed by atoms with Crippen molar-refractivity contribution in [2.45, 2.75) is 32.7 Å². The lowest BCUT2D eigenvalue weighted by atomic mass is 9.95. The molecule has 0 bridgehead atoms. The molecule has 0 spiro atoms. The summed E-state index contributed by atoms with van der Waals surface area (Å²) < 4.78 is 1.94. The normalized spacial score (nSPS) is 17.8. The average molecular weight is 471 g/mol. The number of nitrogens with zero attached hydrogens (tertiary/aromatic N) is 5. The lowest BCUT2D eigenvalue weighted by molar-refractivity contribution is -0.119. The minimum atomic E-state index is -0.233. The number of piperidine rings is 1. The second kappa shape index (κ2) is 9.70. The molecule has 1 aliphatic rings. The van der Waals surface area contributed by atoms with E-state index >= 15 is 0 Å². The van der Waals surface area contributed by atoms with E-state index < -0.39 is 0 Å². The molecule has 26 heavy (non-hydrogen) atoms. The Labute approximate surface area is 170 Å². The molecule has 0 radical (unpaired) electrons. The van der Waals surface area contributed by atoms with Gasteiger partial charge in [-0.1, -0.05) is 6.07 Å². The van der Waals surface area contributed by atoms with Crippen LogP contribution in [-0.2, 0) is 11.3 Å². The van der Waals surface area contributed by atoms with Crippen LogP contribution in [0, 0.1) is 5.92 Å². The van der Waals surface area contributed by atoms with Crippen molar-refractivity contribution in [3.05, 3.63) is 30.2 Å². The number of fused-ring (bicyclic) bond motifs is 1. The van der Waals surface area contributed by atoms with E-state index in [9.17, 15) is 4.79 Å². The molecule has 0 aromatic carbocycles. The van der Waals surface area contributed by atoms with Crippen LogP contribution < -0.4 is 11.1 Å². The van der Waals surface area contributed by atoms with E-state index in [-0.39, 0.29) is 29.9 Å². The average Bonchev–Trinajstić information content (AvgIpc) is 3.01. The lowest BCUT2D eigenvalue weighted by Crippen LogP contribution is -2.47. The number of aromatic nitrogens is 3. The molecule has 3 rings (SSSR count). The molecule has 3 N–H and O–H groups in total. The van der Waals surface area contributed by atoms with E-state index in [1.54, 1.807) is 0 Å². The fourth-order valence-corrected chi connectivity index (χ4v) is 3.28. The number of hydrogen-bond donors (Lipinski definition) is 2. The number of aliphatic imine (C=N–C) groups is 1. The molecule has 0 saturated carbocycles. The highest BCUT2D eigenvalue weighted by molar-refractivity contribution is 14.0. The Morgan fingerprint density at radius 1 is 1.42 bits per heavy atom. The molecule has 1 fully saturated rings. The Hall–Kier alpha value is -1.91. The van der Waals surface area contributed by atoms with Gasteiger partial charge in [0, 0.05) is 32.3 Å². The van der Waals surface area contributed by atoms with Gasteiger partial charge in [0.2, 0.25) is 5.91 Å². The molecule has 1 amide bonds. The monoisotopic (exact) mass is 471 g/mol. The Bertz CT molecular complexity index is 760. The van der Waals surface area contributed by atoms with E-state index in [1.165, 1.54) is 0 Å². The van der Waals surface area contributed by atoms with Gasteiger partial charge in [-0.3, -0.25) is 9.20 Å². The van der Waals surface area contributed by atoms with Crippen molar-refractivity contribution in [3.63, 3.8) is 0 Å². The van der Waals surface area contributed by atoms with Gasteiger partial charge in [0.05, 0.1) is 0 Å². The number of rotatable bonds is 5. The number of guanidine groups is 1. The molecule has 8 nitrogen and oxygen atoms in total. The molecule has 142 valence electrons. The van der Waals surface area contributed by atoms with Gasteiger partial charge in [-0.25, -0.2) is 4.99 Å². The maximum atomic E-state index is 11.2. The molecule has 2 aromatic rings. The van der Waals surface area contributed by atoms with Crippen molar-refractivity contribution in [1.82, 2.24) is 24.8 Å². The summed E-state index contributed by atoms with van der Waals surface area (Å²) in [5.74, 6) is 1.72. The first kappa shape index (κ1) is 20.4. The summed E-state index contributed by atoms with van der Waals surface area (Å²) in [6, 6.07) is 5.81. The van der Waals surface area contributed by atoms with Gasteiger partial charge in [-0.15, -0.1) is 34.2 Å². The van der Waals surface area contributed by atoms with Crippen molar-refractivity contribution in [2.75, 3.05) is 19.6 Å². The van der Waals surface area contributed by atoms with Gasteiger partial charge >= 0.3 is 0 Å². The van der Waals surface area contributed by atoms with Gasteiger partial charge in [-0.2, -0.15) is 0 Å². The number of carbonyl (C=O) groups is 1. The summed E-state index contributed by atoms with van der Waals surface area (Å²) in [6.07, 6.45) is 4.45. The molecular formula is C17H26IN7O. The molecule has 2 aromatic heterocycles. The van der Waals surface area contributed by atoms with Gasteiger partial charge in [0.25, 0.3) is 0 Å². The van der Waals surface area contributed by atoms with Gasteiger partial charge in [0.1, 0.15) is 6.54 Å². The first-order valence-corrected chi connectivity index (χ1v) is 8.77. The number of nitrogens with two attached hydrogens (primary N) is 1. The van der Waals surface area contributed by atoms with E-state index in [4.69, 9.17) is 10.7 Å². The molecule has 1 atom stereocenters. The number of halogens is 1. The van der Waals surface area contributed by atoms with Crippen molar-refractivity contribution >= 4 is 41.5 Å². The summed E-state index contributed by atoms with van der Waals surface area (Å²) in [5.41, 5.74) is 6.17. The summed E-state index contributed by atoms with van der Waals surface area (Å²) in [7, 11) is 0. The van der Waals surface area contributed by atoms with E-state index in [2.05, 4.69) is 20.4 Å². The first-order chi connectivity index (χ1) is 12.2. The second-order valence-electron chi connectivity index (χ2n) is 6.34. The minimum absolute atomic E-state index is 0. The topological polar surface area (TPSA) is 101 Å². The third-order valence-electron chi connectivity index (χ3n) is 4.40. The van der Waals surface area contributed by atoms with E-state index in [0.29, 0.717) is 18.9 Å². The van der Waals surface area contributed by atoms with Crippen LogP contribution in [0.15, 0.2) is 29.4 Å². The Morgan fingerprint density at radius 3 is 3.04 bits per heavy atom. The Balaban J connectivity index is 0.00000243. The third kappa shape index (κ3) is 5.05. The molecule has 9 heteroatoms. The van der Waals surface area contributed by atoms with E-state index in [0.717, 1.165) is 49.9 Å². The van der Waals surface area contributed by atoms with Crippen LogP contribution in [-0.4, -0.2) is 51.0 Å². The number of nitrogens with one attached hydrogen (secondary N) is 1. The van der Waals surface area contributed by atoms with Crippen molar-refractivity contribution in [3.8, 4) is 0 Å². The van der Waals surface area contributed by atoms with Gasteiger partial charge < -0.3 is 16.0 Å². The highest BCUT2D eigenvalue weighted by atomic mass is 127. The van der Waals surface area contributed by atoms with Crippen LogP contribution in [0.3, 0.4) is 0 Å². The summed E-state index contributed by atoms with van der Waals surface area (Å²) >= 11 is 0. The molecular weight excluding hydrogens is 445 g/mol. The van der Waals surface area contributed by atoms with E-state index in [1.807, 2.05) is 35.7 Å². The summed E-state index contributed by atoms with van der Waals surface area (Å²) in [4.78, 5) is 18.2. The number of likely N-dealkylation sites (tertiary alicyclic amines) is 1. The fraction of sp³-hybridized carbons (Fsp3) is 0.529. The van der Waals surface area contributed by atoms with Crippen molar-refractivity contribution in [1.29, 1.82) is 0 Å².